The van der Waals surface area contributed by atoms with Gasteiger partial charge in [0.2, 0.25) is 0 Å². The van der Waals surface area contributed by atoms with Crippen molar-refractivity contribution >= 4 is 17.9 Å². The van der Waals surface area contributed by atoms with Crippen molar-refractivity contribution in [2.45, 2.75) is 163 Å². The molecule has 7 nitrogen and oxygen atoms in total. The van der Waals surface area contributed by atoms with Crippen LogP contribution in [0.4, 0.5) is 0 Å². The first kappa shape index (κ1) is 42.1. The summed E-state index contributed by atoms with van der Waals surface area (Å²) in [5.74, 6) is -4.59. The van der Waals surface area contributed by atoms with Crippen LogP contribution in [0, 0.1) is 17.8 Å². The molecule has 0 heterocycles. The minimum atomic E-state index is -0.898. The monoisotopic (exact) mass is 625 g/mol. The van der Waals surface area contributed by atoms with Gasteiger partial charge in [-0.05, 0) is 38.5 Å². The van der Waals surface area contributed by atoms with Crippen LogP contribution in [0.1, 0.15) is 163 Å². The molecule has 0 aliphatic heterocycles. The van der Waals surface area contributed by atoms with Gasteiger partial charge in [0.15, 0.2) is 0 Å². The van der Waals surface area contributed by atoms with E-state index in [1.165, 1.54) is 96.3 Å². The first-order chi connectivity index (χ1) is 21.2. The Morgan fingerprint density at radius 1 is 0.477 bits per heavy atom. The van der Waals surface area contributed by atoms with Crippen molar-refractivity contribution in [2.75, 3.05) is 26.2 Å². The average Bonchev–Trinajstić information content (AvgIpc) is 2.99. The SMILES string of the molecule is CCCCCCCCCCCCCCCCC/C=C/CCC[N+](CC(CC)C(=O)O)(CC(CC)C(=O)O)CC(CC)C(=O)O. The maximum atomic E-state index is 12.0. The van der Waals surface area contributed by atoms with Gasteiger partial charge in [0, 0.05) is 6.42 Å². The first-order valence-corrected chi connectivity index (χ1v) is 18.3. The van der Waals surface area contributed by atoms with E-state index in [2.05, 4.69) is 19.1 Å². The normalized spacial score (nSPS) is 15.2. The van der Waals surface area contributed by atoms with Crippen LogP contribution in [-0.4, -0.2) is 63.9 Å². The highest BCUT2D eigenvalue weighted by Crippen LogP contribution is 2.25. The van der Waals surface area contributed by atoms with E-state index < -0.39 is 35.7 Å². The molecule has 3 atom stereocenters. The Morgan fingerprint density at radius 3 is 1.07 bits per heavy atom. The molecule has 0 spiro atoms. The highest BCUT2D eigenvalue weighted by molar-refractivity contribution is 5.71. The Morgan fingerprint density at radius 2 is 0.773 bits per heavy atom. The smallest absolute Gasteiger partial charge is 0.312 e. The van der Waals surface area contributed by atoms with E-state index in [9.17, 15) is 29.7 Å². The van der Waals surface area contributed by atoms with Crippen molar-refractivity contribution in [2.24, 2.45) is 17.8 Å². The third-order valence-corrected chi connectivity index (χ3v) is 9.49. The molecule has 0 saturated carbocycles. The van der Waals surface area contributed by atoms with Crippen LogP contribution >= 0.6 is 0 Å². The molecule has 44 heavy (non-hydrogen) atoms. The van der Waals surface area contributed by atoms with Gasteiger partial charge in [0.05, 0.1) is 26.2 Å². The van der Waals surface area contributed by atoms with Crippen molar-refractivity contribution < 1.29 is 34.2 Å². The molecule has 0 aromatic rings. The van der Waals surface area contributed by atoms with Gasteiger partial charge in [-0.25, -0.2) is 0 Å². The summed E-state index contributed by atoms with van der Waals surface area (Å²) in [6.45, 7) is 9.14. The summed E-state index contributed by atoms with van der Waals surface area (Å²) >= 11 is 0. The molecule has 0 rings (SSSR count). The lowest BCUT2D eigenvalue weighted by atomic mass is 9.95. The molecule has 0 aliphatic rings. The van der Waals surface area contributed by atoms with Crippen molar-refractivity contribution in [1.82, 2.24) is 0 Å². The number of hydrogen-bond donors (Lipinski definition) is 3. The maximum absolute atomic E-state index is 12.0. The van der Waals surface area contributed by atoms with Gasteiger partial charge in [-0.1, -0.05) is 130 Å². The number of nitrogens with zero attached hydrogens (tertiary/aromatic N) is 1. The van der Waals surface area contributed by atoms with Gasteiger partial charge >= 0.3 is 17.9 Å². The third kappa shape index (κ3) is 21.0. The largest absolute Gasteiger partial charge is 0.481 e. The zero-order valence-corrected chi connectivity index (χ0v) is 29.1. The second-order valence-electron chi connectivity index (χ2n) is 13.3. The highest BCUT2D eigenvalue weighted by atomic mass is 16.4. The maximum Gasteiger partial charge on any atom is 0.312 e. The Hall–Kier alpha value is -1.89. The Balaban J connectivity index is 4.62. The Labute approximate surface area is 270 Å². The second-order valence-corrected chi connectivity index (χ2v) is 13.3. The molecule has 0 aliphatic carbocycles. The van der Waals surface area contributed by atoms with Gasteiger partial charge in [-0.2, -0.15) is 0 Å². The molecule has 0 fully saturated rings. The highest BCUT2D eigenvalue weighted by Gasteiger charge is 2.40. The quantitative estimate of drug-likeness (QED) is 0.0390. The molecule has 7 heteroatoms. The number of quaternary nitrogens is 1. The van der Waals surface area contributed by atoms with Crippen molar-refractivity contribution in [1.29, 1.82) is 0 Å². The summed E-state index contributed by atoms with van der Waals surface area (Å²) in [7, 11) is 0. The Kier molecular flexibility index (Phi) is 26.2. The molecule has 0 aromatic heterocycles. The van der Waals surface area contributed by atoms with Crippen LogP contribution in [0.25, 0.3) is 0 Å². The molecule has 0 radical (unpaired) electrons. The van der Waals surface area contributed by atoms with Gasteiger partial charge in [0.25, 0.3) is 0 Å². The fourth-order valence-corrected chi connectivity index (χ4v) is 6.46. The van der Waals surface area contributed by atoms with Crippen molar-refractivity contribution in [3.8, 4) is 0 Å². The predicted octanol–water partition coefficient (Wildman–Crippen LogP) is 9.73. The lowest BCUT2D eigenvalue weighted by molar-refractivity contribution is -0.935. The number of aliphatic carboxylic acids is 3. The standard InChI is InChI=1S/C37H69NO6/c1-5-9-10-11-12-13-14-15-16-17-18-19-20-21-22-23-24-25-26-27-28-38(29-32(6-2)35(39)40,30-33(7-3)36(41)42)31-34(8-4)37(43)44/h24-25,32-34H,5-23,26-31H2,1-4H3,(H2-,39,40,41,42,43,44)/p+1/b25-24+. The van der Waals surface area contributed by atoms with Gasteiger partial charge in [-0.3, -0.25) is 14.4 Å². The van der Waals surface area contributed by atoms with Crippen LogP contribution < -0.4 is 0 Å². The van der Waals surface area contributed by atoms with Crippen LogP contribution in [0.15, 0.2) is 12.2 Å². The number of unbranched alkanes of at least 4 members (excludes halogenated alkanes) is 16. The summed E-state index contributed by atoms with van der Waals surface area (Å²) in [5, 5.41) is 29.5. The zero-order valence-electron chi connectivity index (χ0n) is 29.1. The van der Waals surface area contributed by atoms with E-state index in [1.807, 2.05) is 20.8 Å². The lowest BCUT2D eigenvalue weighted by Gasteiger charge is -2.43. The van der Waals surface area contributed by atoms with E-state index in [4.69, 9.17) is 0 Å². The number of rotatable bonds is 32. The molecule has 0 saturated heterocycles. The summed E-state index contributed by atoms with van der Waals surface area (Å²) in [5.41, 5.74) is 0. The molecule has 3 unspecified atom stereocenters. The molecule has 3 N–H and O–H groups in total. The molecular formula is C37H70NO6+. The van der Waals surface area contributed by atoms with Crippen LogP contribution in [0.3, 0.4) is 0 Å². The minimum absolute atomic E-state index is 0.229. The van der Waals surface area contributed by atoms with E-state index in [0.717, 1.165) is 19.3 Å². The zero-order chi connectivity index (χ0) is 33.1. The number of carbonyl (C=O) groups is 3. The average molecular weight is 625 g/mol. The lowest BCUT2D eigenvalue weighted by Crippen LogP contribution is -2.58. The van der Waals surface area contributed by atoms with E-state index in [-0.39, 0.29) is 24.1 Å². The summed E-state index contributed by atoms with van der Waals surface area (Å²) in [4.78, 5) is 36.0. The fourth-order valence-electron chi connectivity index (χ4n) is 6.46. The third-order valence-electron chi connectivity index (χ3n) is 9.49. The minimum Gasteiger partial charge on any atom is -0.481 e. The van der Waals surface area contributed by atoms with E-state index in [1.54, 1.807) is 0 Å². The number of carboxylic acids is 3. The molecule has 0 amide bonds. The predicted molar refractivity (Wildman–Crippen MR) is 182 cm³/mol. The van der Waals surface area contributed by atoms with Crippen LogP contribution in [0.2, 0.25) is 0 Å². The number of allylic oxidation sites excluding steroid dienone is 2. The summed E-state index contributed by atoms with van der Waals surface area (Å²) in [6.07, 6.45) is 28.8. The Bertz CT molecular complexity index is 707. The molecule has 0 aromatic carbocycles. The van der Waals surface area contributed by atoms with Crippen LogP contribution in [0.5, 0.6) is 0 Å². The van der Waals surface area contributed by atoms with Gasteiger partial charge in [-0.15, -0.1) is 0 Å². The molecule has 258 valence electrons. The van der Waals surface area contributed by atoms with E-state index >= 15 is 0 Å². The fraction of sp³-hybridized carbons (Fsp3) is 0.865. The van der Waals surface area contributed by atoms with Crippen molar-refractivity contribution in [3.63, 3.8) is 0 Å². The van der Waals surface area contributed by atoms with Gasteiger partial charge < -0.3 is 19.8 Å². The first-order valence-electron chi connectivity index (χ1n) is 18.3. The molecule has 0 bridgehead atoms. The number of hydrogen-bond acceptors (Lipinski definition) is 3. The van der Waals surface area contributed by atoms with E-state index in [0.29, 0.717) is 25.8 Å². The topological polar surface area (TPSA) is 112 Å². The van der Waals surface area contributed by atoms with Crippen LogP contribution in [-0.2, 0) is 14.4 Å². The van der Waals surface area contributed by atoms with Crippen molar-refractivity contribution in [3.05, 3.63) is 12.2 Å². The number of carboxylic acid groups (broad SMARTS) is 3. The summed E-state index contributed by atoms with van der Waals surface area (Å²) in [6, 6.07) is 0. The molecular weight excluding hydrogens is 554 g/mol. The van der Waals surface area contributed by atoms with Gasteiger partial charge in [0.1, 0.15) is 17.8 Å². The summed E-state index contributed by atoms with van der Waals surface area (Å²) < 4.78 is 0.229. The second kappa shape index (κ2) is 27.4.